The standard InChI is InChI=1S/C31H27N3O9/c1-31(43-28(37)22-16-10-5-11-17-22)25(42-27(36)21-14-8-4-9-15-21)24(19-40-26(35)20-12-6-3-7-13-20)41-30(31)34-18-23(32-33-34)29(38)39-2/h3-18,24-25,30H,19H2,1-2H3/t24-,25-,30-,31-/m1/s1. The van der Waals surface area contributed by atoms with Gasteiger partial charge < -0.3 is 23.7 Å². The highest BCUT2D eigenvalue weighted by Crippen LogP contribution is 2.43. The number of rotatable bonds is 9. The monoisotopic (exact) mass is 585 g/mol. The molecule has 4 aromatic rings. The number of benzene rings is 3. The SMILES string of the molecule is COC(=O)c1cn([C@@H]2O[C@H](COC(=O)c3ccccc3)[C@@H](OC(=O)c3ccccc3)[C@@]2(C)OC(=O)c2ccccc2)nn1. The summed E-state index contributed by atoms with van der Waals surface area (Å²) in [6.07, 6.45) is -2.48. The van der Waals surface area contributed by atoms with Gasteiger partial charge >= 0.3 is 23.9 Å². The van der Waals surface area contributed by atoms with E-state index in [9.17, 15) is 19.2 Å². The second kappa shape index (κ2) is 12.7. The highest BCUT2D eigenvalue weighted by molar-refractivity contribution is 5.91. The Morgan fingerprint density at radius 1 is 0.791 bits per heavy atom. The normalized spacial score (nSPS) is 21.0. The highest BCUT2D eigenvalue weighted by Gasteiger charge is 2.61. The van der Waals surface area contributed by atoms with Crippen LogP contribution in [0, 0.1) is 0 Å². The molecule has 220 valence electrons. The predicted molar refractivity (Wildman–Crippen MR) is 148 cm³/mol. The molecule has 1 aliphatic heterocycles. The Bertz CT molecular complexity index is 1590. The van der Waals surface area contributed by atoms with Crippen molar-refractivity contribution < 1.29 is 42.9 Å². The van der Waals surface area contributed by atoms with E-state index in [1.165, 1.54) is 20.2 Å². The first-order chi connectivity index (χ1) is 20.8. The number of aromatic nitrogens is 3. The molecule has 12 heteroatoms. The Hall–Kier alpha value is -5.36. The number of ether oxygens (including phenoxy) is 5. The van der Waals surface area contributed by atoms with E-state index in [-0.39, 0.29) is 23.4 Å². The van der Waals surface area contributed by atoms with Crippen LogP contribution in [-0.2, 0) is 23.7 Å². The summed E-state index contributed by atoms with van der Waals surface area (Å²) >= 11 is 0. The van der Waals surface area contributed by atoms with Crippen molar-refractivity contribution in [2.24, 2.45) is 0 Å². The molecule has 4 atom stereocenters. The van der Waals surface area contributed by atoms with Gasteiger partial charge in [0.15, 0.2) is 23.6 Å². The van der Waals surface area contributed by atoms with Crippen LogP contribution in [0.1, 0.15) is 54.7 Å². The summed E-state index contributed by atoms with van der Waals surface area (Å²) in [4.78, 5) is 51.6. The third kappa shape index (κ3) is 6.28. The van der Waals surface area contributed by atoms with Gasteiger partial charge in [0, 0.05) is 0 Å². The zero-order valence-electron chi connectivity index (χ0n) is 23.2. The largest absolute Gasteiger partial charge is 0.464 e. The van der Waals surface area contributed by atoms with Crippen molar-refractivity contribution in [3.63, 3.8) is 0 Å². The first-order valence-corrected chi connectivity index (χ1v) is 13.2. The number of methoxy groups -OCH3 is 1. The van der Waals surface area contributed by atoms with Crippen LogP contribution in [0.3, 0.4) is 0 Å². The van der Waals surface area contributed by atoms with Crippen molar-refractivity contribution in [2.75, 3.05) is 13.7 Å². The average Bonchev–Trinajstić information content (AvgIpc) is 3.63. The Morgan fingerprint density at radius 2 is 1.33 bits per heavy atom. The van der Waals surface area contributed by atoms with Gasteiger partial charge in [-0.25, -0.2) is 23.9 Å². The van der Waals surface area contributed by atoms with Gasteiger partial charge in [0.2, 0.25) is 0 Å². The van der Waals surface area contributed by atoms with Crippen molar-refractivity contribution >= 4 is 23.9 Å². The zero-order valence-corrected chi connectivity index (χ0v) is 23.2. The van der Waals surface area contributed by atoms with E-state index in [0.717, 1.165) is 4.68 Å². The fourth-order valence-corrected chi connectivity index (χ4v) is 4.63. The summed E-state index contributed by atoms with van der Waals surface area (Å²) in [6, 6.07) is 24.7. The Kier molecular flexibility index (Phi) is 8.58. The van der Waals surface area contributed by atoms with Gasteiger partial charge in [-0.3, -0.25) is 0 Å². The van der Waals surface area contributed by atoms with E-state index < -0.39 is 47.9 Å². The molecule has 43 heavy (non-hydrogen) atoms. The molecular weight excluding hydrogens is 558 g/mol. The maximum Gasteiger partial charge on any atom is 0.360 e. The molecule has 3 aromatic carbocycles. The maximum atomic E-state index is 13.4. The second-order valence-electron chi connectivity index (χ2n) is 9.70. The quantitative estimate of drug-likeness (QED) is 0.210. The lowest BCUT2D eigenvalue weighted by atomic mass is 9.95. The van der Waals surface area contributed by atoms with Crippen molar-refractivity contribution in [1.82, 2.24) is 15.0 Å². The van der Waals surface area contributed by atoms with E-state index in [2.05, 4.69) is 10.3 Å². The van der Waals surface area contributed by atoms with E-state index in [0.29, 0.717) is 5.56 Å². The molecule has 0 N–H and O–H groups in total. The Balaban J connectivity index is 1.52. The second-order valence-corrected chi connectivity index (χ2v) is 9.70. The highest BCUT2D eigenvalue weighted by atomic mass is 16.7. The molecule has 0 bridgehead atoms. The van der Waals surface area contributed by atoms with E-state index in [1.807, 2.05) is 0 Å². The molecule has 1 fully saturated rings. The van der Waals surface area contributed by atoms with E-state index >= 15 is 0 Å². The molecule has 0 spiro atoms. The van der Waals surface area contributed by atoms with Crippen molar-refractivity contribution in [1.29, 1.82) is 0 Å². The fraction of sp³-hybridized carbons (Fsp3) is 0.226. The summed E-state index contributed by atoms with van der Waals surface area (Å²) in [5.41, 5.74) is -1.14. The number of carbonyl (C=O) groups is 4. The van der Waals surface area contributed by atoms with Crippen LogP contribution >= 0.6 is 0 Å². The first-order valence-electron chi connectivity index (χ1n) is 13.2. The van der Waals surface area contributed by atoms with Crippen LogP contribution in [0.25, 0.3) is 0 Å². The van der Waals surface area contributed by atoms with E-state index in [4.69, 9.17) is 23.7 Å². The van der Waals surface area contributed by atoms with Crippen LogP contribution in [0.4, 0.5) is 0 Å². The number of nitrogens with zero attached hydrogens (tertiary/aromatic N) is 3. The molecule has 1 aliphatic rings. The molecule has 12 nitrogen and oxygen atoms in total. The number of esters is 4. The first kappa shape index (κ1) is 29.1. The molecule has 0 amide bonds. The summed E-state index contributed by atoms with van der Waals surface area (Å²) in [5.74, 6) is -2.87. The van der Waals surface area contributed by atoms with E-state index in [1.54, 1.807) is 91.0 Å². The Labute approximate surface area is 246 Å². The molecule has 0 unspecified atom stereocenters. The van der Waals surface area contributed by atoms with Crippen LogP contribution in [0.5, 0.6) is 0 Å². The third-order valence-electron chi connectivity index (χ3n) is 6.80. The van der Waals surface area contributed by atoms with Crippen molar-refractivity contribution in [2.45, 2.75) is 31.0 Å². The summed E-state index contributed by atoms with van der Waals surface area (Å²) in [7, 11) is 1.19. The van der Waals surface area contributed by atoms with Gasteiger partial charge in [-0.1, -0.05) is 59.8 Å². The average molecular weight is 586 g/mol. The van der Waals surface area contributed by atoms with Gasteiger partial charge in [-0.05, 0) is 43.3 Å². The number of hydrogen-bond acceptors (Lipinski definition) is 11. The lowest BCUT2D eigenvalue weighted by molar-refractivity contribution is -0.114. The molecule has 1 aromatic heterocycles. The van der Waals surface area contributed by atoms with Gasteiger partial charge in [0.1, 0.15) is 12.7 Å². The van der Waals surface area contributed by atoms with Crippen LogP contribution < -0.4 is 0 Å². The van der Waals surface area contributed by atoms with Crippen molar-refractivity contribution in [3.05, 3.63) is 120 Å². The van der Waals surface area contributed by atoms with Crippen LogP contribution in [-0.4, -0.2) is 70.4 Å². The molecule has 0 saturated carbocycles. The summed E-state index contributed by atoms with van der Waals surface area (Å²) in [5, 5.41) is 7.82. The number of hydrogen-bond donors (Lipinski definition) is 0. The molecule has 2 heterocycles. The minimum absolute atomic E-state index is 0.139. The predicted octanol–water partition coefficient (Wildman–Crippen LogP) is 3.66. The van der Waals surface area contributed by atoms with Gasteiger partial charge in [-0.15, -0.1) is 5.10 Å². The lowest BCUT2D eigenvalue weighted by Crippen LogP contribution is -2.50. The summed E-state index contributed by atoms with van der Waals surface area (Å²) in [6.45, 7) is 1.12. The molecule has 0 aliphatic carbocycles. The minimum atomic E-state index is -1.76. The van der Waals surface area contributed by atoms with Crippen molar-refractivity contribution in [3.8, 4) is 0 Å². The molecular formula is C31H27N3O9. The van der Waals surface area contributed by atoms with Gasteiger partial charge in [0.05, 0.1) is 30.0 Å². The van der Waals surface area contributed by atoms with Gasteiger partial charge in [0.25, 0.3) is 0 Å². The third-order valence-corrected chi connectivity index (χ3v) is 6.80. The topological polar surface area (TPSA) is 145 Å². The smallest absolute Gasteiger partial charge is 0.360 e. The Morgan fingerprint density at radius 3 is 1.88 bits per heavy atom. The maximum absolute atomic E-state index is 13.4. The molecule has 5 rings (SSSR count). The zero-order chi connectivity index (χ0) is 30.4. The molecule has 1 saturated heterocycles. The van der Waals surface area contributed by atoms with Gasteiger partial charge in [-0.2, -0.15) is 0 Å². The molecule has 0 radical (unpaired) electrons. The minimum Gasteiger partial charge on any atom is -0.464 e. The lowest BCUT2D eigenvalue weighted by Gasteiger charge is -2.34. The van der Waals surface area contributed by atoms with Crippen LogP contribution in [0.2, 0.25) is 0 Å². The summed E-state index contributed by atoms with van der Waals surface area (Å²) < 4.78 is 29.6. The van der Waals surface area contributed by atoms with Crippen LogP contribution in [0.15, 0.2) is 97.2 Å². The number of carbonyl (C=O) groups excluding carboxylic acids is 4. The fourth-order valence-electron chi connectivity index (χ4n) is 4.63.